The number of ether oxygens (including phenoxy) is 1. The van der Waals surface area contributed by atoms with Crippen molar-refractivity contribution in [3.05, 3.63) is 62.5 Å². The van der Waals surface area contributed by atoms with E-state index in [9.17, 15) is 9.59 Å². The lowest BCUT2D eigenvalue weighted by molar-refractivity contribution is 0.0505. The number of aryl methyl sites for hydroxylation is 1. The standard InChI is InChI=1S/C22H24N2O3S/c1-3-9-27-22(26)16-6-4-5-15(11-16)12-24-13-23-20-19(21(24)25)17-8-7-14(2)10-18(17)28-20/h4-6,11,13-14H,3,7-10,12H2,1-2H3. The van der Waals surface area contributed by atoms with Crippen molar-refractivity contribution in [1.82, 2.24) is 9.55 Å². The van der Waals surface area contributed by atoms with E-state index in [-0.39, 0.29) is 11.5 Å². The molecule has 1 aliphatic carbocycles. The molecular weight excluding hydrogens is 372 g/mol. The van der Waals surface area contributed by atoms with Crippen LogP contribution < -0.4 is 5.56 Å². The Labute approximate surface area is 168 Å². The fourth-order valence-corrected chi connectivity index (χ4v) is 5.09. The first-order chi connectivity index (χ1) is 13.6. The van der Waals surface area contributed by atoms with Gasteiger partial charge in [-0.1, -0.05) is 26.0 Å². The first-order valence-electron chi connectivity index (χ1n) is 9.82. The van der Waals surface area contributed by atoms with Crippen LogP contribution in [-0.4, -0.2) is 22.1 Å². The van der Waals surface area contributed by atoms with Crippen molar-refractivity contribution in [1.29, 1.82) is 0 Å². The minimum Gasteiger partial charge on any atom is -0.462 e. The Hall–Kier alpha value is -2.47. The van der Waals surface area contributed by atoms with E-state index in [4.69, 9.17) is 4.74 Å². The maximum atomic E-state index is 13.1. The topological polar surface area (TPSA) is 61.2 Å². The van der Waals surface area contributed by atoms with Crippen molar-refractivity contribution in [2.24, 2.45) is 5.92 Å². The number of fused-ring (bicyclic) bond motifs is 3. The van der Waals surface area contributed by atoms with Crippen LogP contribution in [0, 0.1) is 5.92 Å². The van der Waals surface area contributed by atoms with E-state index in [0.717, 1.165) is 41.5 Å². The van der Waals surface area contributed by atoms with Gasteiger partial charge in [0, 0.05) is 4.88 Å². The summed E-state index contributed by atoms with van der Waals surface area (Å²) in [4.78, 5) is 32.0. The van der Waals surface area contributed by atoms with Crippen molar-refractivity contribution in [3.63, 3.8) is 0 Å². The Morgan fingerprint density at radius 1 is 1.39 bits per heavy atom. The zero-order chi connectivity index (χ0) is 19.7. The number of benzene rings is 1. The molecule has 0 radical (unpaired) electrons. The Balaban J connectivity index is 1.65. The van der Waals surface area contributed by atoms with Crippen LogP contribution in [0.4, 0.5) is 0 Å². The van der Waals surface area contributed by atoms with Crippen molar-refractivity contribution >= 4 is 27.5 Å². The number of nitrogens with zero attached hydrogens (tertiary/aromatic N) is 2. The summed E-state index contributed by atoms with van der Waals surface area (Å²) < 4.78 is 6.85. The summed E-state index contributed by atoms with van der Waals surface area (Å²) in [6, 6.07) is 7.27. The van der Waals surface area contributed by atoms with Gasteiger partial charge in [0.25, 0.3) is 5.56 Å². The second-order valence-corrected chi connectivity index (χ2v) is 8.63. The van der Waals surface area contributed by atoms with Crippen LogP contribution in [0.5, 0.6) is 0 Å². The molecule has 1 atom stereocenters. The van der Waals surface area contributed by atoms with Crippen molar-refractivity contribution in [2.45, 2.75) is 46.1 Å². The Bertz CT molecular complexity index is 1080. The van der Waals surface area contributed by atoms with Crippen molar-refractivity contribution < 1.29 is 9.53 Å². The van der Waals surface area contributed by atoms with Gasteiger partial charge in [-0.05, 0) is 54.9 Å². The minimum atomic E-state index is -0.328. The zero-order valence-corrected chi connectivity index (χ0v) is 17.1. The highest BCUT2D eigenvalue weighted by atomic mass is 32.1. The third kappa shape index (κ3) is 3.61. The molecule has 1 unspecified atom stereocenters. The third-order valence-electron chi connectivity index (χ3n) is 5.24. The summed E-state index contributed by atoms with van der Waals surface area (Å²) in [7, 11) is 0. The molecule has 0 saturated carbocycles. The maximum Gasteiger partial charge on any atom is 0.338 e. The molecule has 5 nitrogen and oxygen atoms in total. The predicted octanol–water partition coefficient (Wildman–Crippen LogP) is 4.20. The highest BCUT2D eigenvalue weighted by Gasteiger charge is 2.23. The Morgan fingerprint density at radius 3 is 3.07 bits per heavy atom. The Kier molecular flexibility index (Phi) is 5.31. The number of hydrogen-bond acceptors (Lipinski definition) is 5. The van der Waals surface area contributed by atoms with E-state index < -0.39 is 0 Å². The number of rotatable bonds is 5. The van der Waals surface area contributed by atoms with Crippen LogP contribution in [0.25, 0.3) is 10.2 Å². The van der Waals surface area contributed by atoms with Crippen LogP contribution in [0.1, 0.15) is 53.1 Å². The fraction of sp³-hybridized carbons (Fsp3) is 0.409. The summed E-state index contributed by atoms with van der Waals surface area (Å²) in [6.45, 7) is 5.02. The third-order valence-corrected chi connectivity index (χ3v) is 6.40. The molecule has 2 aromatic heterocycles. The second-order valence-electron chi connectivity index (χ2n) is 7.55. The molecular formula is C22H24N2O3S. The summed E-state index contributed by atoms with van der Waals surface area (Å²) in [5.74, 6) is 0.337. The molecule has 0 N–H and O–H groups in total. The molecule has 1 aliphatic rings. The van der Waals surface area contributed by atoms with Gasteiger partial charge in [0.2, 0.25) is 0 Å². The number of thiophene rings is 1. The first-order valence-corrected chi connectivity index (χ1v) is 10.6. The van der Waals surface area contributed by atoms with Gasteiger partial charge in [0.15, 0.2) is 0 Å². The average molecular weight is 397 g/mol. The lowest BCUT2D eigenvalue weighted by Gasteiger charge is -2.17. The van der Waals surface area contributed by atoms with E-state index in [1.807, 2.05) is 19.1 Å². The molecule has 146 valence electrons. The van der Waals surface area contributed by atoms with E-state index in [0.29, 0.717) is 24.6 Å². The van der Waals surface area contributed by atoms with Crippen LogP contribution in [0.2, 0.25) is 0 Å². The number of esters is 1. The molecule has 0 fully saturated rings. The number of hydrogen-bond donors (Lipinski definition) is 0. The molecule has 3 aromatic rings. The van der Waals surface area contributed by atoms with Gasteiger partial charge in [-0.15, -0.1) is 11.3 Å². The molecule has 2 heterocycles. The quantitative estimate of drug-likeness (QED) is 0.607. The minimum absolute atomic E-state index is 0.0102. The van der Waals surface area contributed by atoms with Gasteiger partial charge in [0.05, 0.1) is 30.4 Å². The van der Waals surface area contributed by atoms with Crippen LogP contribution in [-0.2, 0) is 24.1 Å². The molecule has 0 bridgehead atoms. The molecule has 28 heavy (non-hydrogen) atoms. The van der Waals surface area contributed by atoms with E-state index in [1.54, 1.807) is 34.4 Å². The molecule has 4 rings (SSSR count). The summed E-state index contributed by atoms with van der Waals surface area (Å²) in [6.07, 6.45) is 5.53. The van der Waals surface area contributed by atoms with Crippen LogP contribution >= 0.6 is 11.3 Å². The molecule has 0 saturated heterocycles. The van der Waals surface area contributed by atoms with Gasteiger partial charge in [0.1, 0.15) is 4.83 Å². The highest BCUT2D eigenvalue weighted by Crippen LogP contribution is 2.35. The lowest BCUT2D eigenvalue weighted by Crippen LogP contribution is -2.22. The van der Waals surface area contributed by atoms with Crippen molar-refractivity contribution in [2.75, 3.05) is 6.61 Å². The fourth-order valence-electron chi connectivity index (χ4n) is 3.75. The average Bonchev–Trinajstić information content (AvgIpc) is 3.06. The van der Waals surface area contributed by atoms with Gasteiger partial charge in [-0.3, -0.25) is 9.36 Å². The SMILES string of the molecule is CCCOC(=O)c1cccc(Cn2cnc3sc4c(c3c2=O)CCC(C)C4)c1. The smallest absolute Gasteiger partial charge is 0.338 e. The van der Waals surface area contributed by atoms with Crippen molar-refractivity contribution in [3.8, 4) is 0 Å². The van der Waals surface area contributed by atoms with Crippen LogP contribution in [0.3, 0.4) is 0 Å². The van der Waals surface area contributed by atoms with Gasteiger partial charge >= 0.3 is 5.97 Å². The predicted molar refractivity (Wildman–Crippen MR) is 111 cm³/mol. The Morgan fingerprint density at radius 2 is 2.25 bits per heavy atom. The normalized spacial score (nSPS) is 16.1. The molecule has 0 amide bonds. The summed E-state index contributed by atoms with van der Waals surface area (Å²) in [5, 5.41) is 0.785. The number of aromatic nitrogens is 2. The van der Waals surface area contributed by atoms with Crippen LogP contribution in [0.15, 0.2) is 35.4 Å². The number of carbonyl (C=O) groups excluding carboxylic acids is 1. The van der Waals surface area contributed by atoms with E-state index >= 15 is 0 Å². The molecule has 0 spiro atoms. The number of carbonyl (C=O) groups is 1. The second kappa shape index (κ2) is 7.87. The monoisotopic (exact) mass is 396 g/mol. The van der Waals surface area contributed by atoms with Gasteiger partial charge in [-0.2, -0.15) is 0 Å². The lowest BCUT2D eigenvalue weighted by atomic mass is 9.89. The van der Waals surface area contributed by atoms with Gasteiger partial charge in [-0.25, -0.2) is 9.78 Å². The maximum absolute atomic E-state index is 13.1. The highest BCUT2D eigenvalue weighted by molar-refractivity contribution is 7.18. The first kappa shape index (κ1) is 18.9. The summed E-state index contributed by atoms with van der Waals surface area (Å²) >= 11 is 1.66. The molecule has 0 aliphatic heterocycles. The molecule has 6 heteroatoms. The summed E-state index contributed by atoms with van der Waals surface area (Å²) in [5.41, 5.74) is 2.60. The molecule has 1 aromatic carbocycles. The van der Waals surface area contributed by atoms with Gasteiger partial charge < -0.3 is 4.74 Å². The largest absolute Gasteiger partial charge is 0.462 e. The zero-order valence-electron chi connectivity index (χ0n) is 16.2. The van der Waals surface area contributed by atoms with E-state index in [2.05, 4.69) is 11.9 Å². The van der Waals surface area contributed by atoms with E-state index in [1.165, 1.54) is 10.4 Å².